The van der Waals surface area contributed by atoms with E-state index in [4.69, 9.17) is 16.3 Å². The number of methoxy groups -OCH3 is 1. The molecule has 0 fully saturated rings. The highest BCUT2D eigenvalue weighted by Gasteiger charge is 2.15. The van der Waals surface area contributed by atoms with Gasteiger partial charge in [0.05, 0.1) is 6.54 Å². The van der Waals surface area contributed by atoms with Crippen molar-refractivity contribution in [1.82, 2.24) is 14.9 Å². The zero-order chi connectivity index (χ0) is 15.1. The fourth-order valence-electron chi connectivity index (χ4n) is 1.66. The van der Waals surface area contributed by atoms with Crippen LogP contribution >= 0.6 is 11.6 Å². The Morgan fingerprint density at radius 2 is 2.10 bits per heavy atom. The predicted molar refractivity (Wildman–Crippen MR) is 79.0 cm³/mol. The SMILES string of the molecule is CCCN(CC(=O)N(C)C)c1cc(Cl)nc(COC)n1. The van der Waals surface area contributed by atoms with E-state index in [1.54, 1.807) is 32.2 Å². The molecule has 0 saturated heterocycles. The van der Waals surface area contributed by atoms with Gasteiger partial charge in [0.15, 0.2) is 5.82 Å². The fraction of sp³-hybridized carbons (Fsp3) is 0.615. The number of halogens is 1. The predicted octanol–water partition coefficient (Wildman–Crippen LogP) is 1.58. The molecule has 1 heterocycles. The lowest BCUT2D eigenvalue weighted by Gasteiger charge is -2.24. The van der Waals surface area contributed by atoms with E-state index in [1.807, 2.05) is 11.8 Å². The van der Waals surface area contributed by atoms with E-state index >= 15 is 0 Å². The number of likely N-dealkylation sites (N-methyl/N-ethyl adjacent to an activating group) is 1. The van der Waals surface area contributed by atoms with E-state index < -0.39 is 0 Å². The molecule has 6 nitrogen and oxygen atoms in total. The van der Waals surface area contributed by atoms with Gasteiger partial charge in [-0.3, -0.25) is 4.79 Å². The number of nitrogens with zero attached hydrogens (tertiary/aromatic N) is 4. The minimum absolute atomic E-state index is 0.0153. The number of anilines is 1. The van der Waals surface area contributed by atoms with Gasteiger partial charge in [-0.05, 0) is 6.42 Å². The lowest BCUT2D eigenvalue weighted by molar-refractivity contribution is -0.127. The van der Waals surface area contributed by atoms with Crippen molar-refractivity contribution in [1.29, 1.82) is 0 Å². The number of hydrogen-bond acceptors (Lipinski definition) is 5. The molecule has 0 spiro atoms. The largest absolute Gasteiger partial charge is 0.377 e. The van der Waals surface area contributed by atoms with Gasteiger partial charge in [-0.25, -0.2) is 9.97 Å². The lowest BCUT2D eigenvalue weighted by atomic mass is 10.3. The Kier molecular flexibility index (Phi) is 6.67. The van der Waals surface area contributed by atoms with Gasteiger partial charge >= 0.3 is 0 Å². The lowest BCUT2D eigenvalue weighted by Crippen LogP contribution is -2.37. The normalized spacial score (nSPS) is 10.4. The van der Waals surface area contributed by atoms with Crippen LogP contribution in [0.3, 0.4) is 0 Å². The van der Waals surface area contributed by atoms with Gasteiger partial charge in [0, 0.05) is 33.8 Å². The highest BCUT2D eigenvalue weighted by Crippen LogP contribution is 2.17. The molecule has 1 aromatic rings. The van der Waals surface area contributed by atoms with E-state index in [0.717, 1.165) is 13.0 Å². The van der Waals surface area contributed by atoms with Crippen molar-refractivity contribution in [3.05, 3.63) is 17.0 Å². The van der Waals surface area contributed by atoms with Crippen LogP contribution in [0, 0.1) is 0 Å². The number of hydrogen-bond donors (Lipinski definition) is 0. The number of carbonyl (C=O) groups excluding carboxylic acids is 1. The van der Waals surface area contributed by atoms with Crippen molar-refractivity contribution in [2.75, 3.05) is 39.2 Å². The molecule has 1 aromatic heterocycles. The maximum Gasteiger partial charge on any atom is 0.241 e. The molecule has 0 aliphatic heterocycles. The number of rotatable bonds is 7. The molecule has 0 aliphatic carbocycles. The Bertz CT molecular complexity index is 454. The molecule has 7 heteroatoms. The summed E-state index contributed by atoms with van der Waals surface area (Å²) < 4.78 is 5.02. The molecule has 0 radical (unpaired) electrons. The maximum atomic E-state index is 11.9. The molecule has 0 atom stereocenters. The standard InChI is InChI=1S/C13H21ClN4O2/c1-5-6-18(8-13(19)17(2)3)12-7-10(14)15-11(16-12)9-20-4/h7H,5-6,8-9H2,1-4H3. The second kappa shape index (κ2) is 8.01. The number of ether oxygens (including phenoxy) is 1. The Hall–Kier alpha value is -1.40. The van der Waals surface area contributed by atoms with Gasteiger partial charge in [0.25, 0.3) is 0 Å². The number of carbonyl (C=O) groups is 1. The van der Waals surface area contributed by atoms with Crippen LogP contribution in [-0.2, 0) is 16.1 Å². The minimum atomic E-state index is 0.0153. The summed E-state index contributed by atoms with van der Waals surface area (Å²) >= 11 is 6.00. The van der Waals surface area contributed by atoms with Crippen LogP contribution in [0.2, 0.25) is 5.15 Å². The van der Waals surface area contributed by atoms with Gasteiger partial charge in [-0.2, -0.15) is 0 Å². The van der Waals surface area contributed by atoms with Crippen molar-refractivity contribution in [3.63, 3.8) is 0 Å². The summed E-state index contributed by atoms with van der Waals surface area (Å²) in [5.41, 5.74) is 0. The van der Waals surface area contributed by atoms with E-state index in [9.17, 15) is 4.79 Å². The smallest absolute Gasteiger partial charge is 0.241 e. The van der Waals surface area contributed by atoms with Gasteiger partial charge in [0.2, 0.25) is 5.91 Å². The zero-order valence-corrected chi connectivity index (χ0v) is 13.1. The van der Waals surface area contributed by atoms with Gasteiger partial charge in [-0.1, -0.05) is 18.5 Å². The first kappa shape index (κ1) is 16.7. The van der Waals surface area contributed by atoms with Crippen LogP contribution in [-0.4, -0.2) is 55.1 Å². The molecule has 0 aliphatic rings. The highest BCUT2D eigenvalue weighted by molar-refractivity contribution is 6.29. The first-order valence-electron chi connectivity index (χ1n) is 6.45. The molecule has 0 saturated carbocycles. The van der Waals surface area contributed by atoms with Crippen LogP contribution in [0.15, 0.2) is 6.07 Å². The average Bonchev–Trinajstić information content (AvgIpc) is 2.37. The highest BCUT2D eigenvalue weighted by atomic mass is 35.5. The Morgan fingerprint density at radius 3 is 2.65 bits per heavy atom. The molecule has 0 aromatic carbocycles. The van der Waals surface area contributed by atoms with Crippen molar-refractivity contribution >= 4 is 23.3 Å². The van der Waals surface area contributed by atoms with Crippen molar-refractivity contribution in [2.45, 2.75) is 20.0 Å². The zero-order valence-electron chi connectivity index (χ0n) is 12.4. The van der Waals surface area contributed by atoms with Crippen LogP contribution in [0.4, 0.5) is 5.82 Å². The molecule has 0 N–H and O–H groups in total. The van der Waals surface area contributed by atoms with Crippen LogP contribution < -0.4 is 4.90 Å². The topological polar surface area (TPSA) is 58.6 Å². The second-order valence-corrected chi connectivity index (χ2v) is 5.00. The molecule has 20 heavy (non-hydrogen) atoms. The Balaban J connectivity index is 2.98. The van der Waals surface area contributed by atoms with Crippen LogP contribution in [0.25, 0.3) is 0 Å². The minimum Gasteiger partial charge on any atom is -0.377 e. The third kappa shape index (κ3) is 4.94. The first-order valence-corrected chi connectivity index (χ1v) is 6.83. The third-order valence-electron chi connectivity index (χ3n) is 2.64. The fourth-order valence-corrected chi connectivity index (χ4v) is 1.85. The van der Waals surface area contributed by atoms with Crippen LogP contribution in [0.5, 0.6) is 0 Å². The molecular formula is C13H21ClN4O2. The first-order chi connectivity index (χ1) is 9.47. The van der Waals surface area contributed by atoms with Crippen molar-refractivity contribution < 1.29 is 9.53 Å². The number of aromatic nitrogens is 2. The molecule has 1 rings (SSSR count). The maximum absolute atomic E-state index is 11.9. The summed E-state index contributed by atoms with van der Waals surface area (Å²) in [4.78, 5) is 23.8. The molecule has 1 amide bonds. The van der Waals surface area contributed by atoms with Gasteiger partial charge in [0.1, 0.15) is 17.6 Å². The molecule has 0 bridgehead atoms. The van der Waals surface area contributed by atoms with Gasteiger partial charge in [-0.15, -0.1) is 0 Å². The molecule has 112 valence electrons. The summed E-state index contributed by atoms with van der Waals surface area (Å²) in [7, 11) is 5.04. The van der Waals surface area contributed by atoms with E-state index in [0.29, 0.717) is 16.8 Å². The second-order valence-electron chi connectivity index (χ2n) is 4.61. The summed E-state index contributed by atoms with van der Waals surface area (Å²) in [6, 6.07) is 1.67. The van der Waals surface area contributed by atoms with Gasteiger partial charge < -0.3 is 14.5 Å². The van der Waals surface area contributed by atoms with Crippen molar-refractivity contribution in [3.8, 4) is 0 Å². The Labute approximate surface area is 124 Å². The van der Waals surface area contributed by atoms with Crippen molar-refractivity contribution in [2.24, 2.45) is 0 Å². The number of amides is 1. The third-order valence-corrected chi connectivity index (χ3v) is 2.84. The van der Waals surface area contributed by atoms with E-state index in [-0.39, 0.29) is 19.1 Å². The summed E-state index contributed by atoms with van der Waals surface area (Å²) in [5, 5.41) is 0.348. The van der Waals surface area contributed by atoms with E-state index in [2.05, 4.69) is 9.97 Å². The summed E-state index contributed by atoms with van der Waals surface area (Å²) in [5.74, 6) is 1.17. The molecular weight excluding hydrogens is 280 g/mol. The monoisotopic (exact) mass is 300 g/mol. The molecule has 0 unspecified atom stereocenters. The van der Waals surface area contributed by atoms with Crippen LogP contribution in [0.1, 0.15) is 19.2 Å². The Morgan fingerprint density at radius 1 is 1.40 bits per heavy atom. The average molecular weight is 301 g/mol. The summed E-state index contributed by atoms with van der Waals surface area (Å²) in [6.07, 6.45) is 0.905. The summed E-state index contributed by atoms with van der Waals surface area (Å²) in [6.45, 7) is 3.32. The quantitative estimate of drug-likeness (QED) is 0.716. The van der Waals surface area contributed by atoms with E-state index in [1.165, 1.54) is 0 Å².